The van der Waals surface area contributed by atoms with Gasteiger partial charge in [0.1, 0.15) is 5.82 Å². The molecule has 0 bridgehead atoms. The summed E-state index contributed by atoms with van der Waals surface area (Å²) in [5, 5.41) is 9.41. The molecule has 0 saturated carbocycles. The molecule has 0 radical (unpaired) electrons. The second kappa shape index (κ2) is 11.5. The van der Waals surface area contributed by atoms with Gasteiger partial charge >= 0.3 is 0 Å². The molecule has 3 rings (SSSR count). The van der Waals surface area contributed by atoms with Crippen LogP contribution in [0.3, 0.4) is 0 Å². The van der Waals surface area contributed by atoms with Gasteiger partial charge in [0.2, 0.25) is 5.91 Å². The normalized spacial score (nSPS) is 19.6. The maximum atomic E-state index is 13.4. The average molecular weight is 467 g/mol. The molecule has 2 aliphatic rings. The van der Waals surface area contributed by atoms with Gasteiger partial charge in [0, 0.05) is 37.1 Å². The summed E-state index contributed by atoms with van der Waals surface area (Å²) in [4.78, 5) is 29.0. The number of likely N-dealkylation sites (N-methyl/N-ethyl adjacent to an activating group) is 2. The fraction of sp³-hybridized carbons (Fsp3) is 0.360. The minimum absolute atomic E-state index is 0.0385. The summed E-state index contributed by atoms with van der Waals surface area (Å²) in [5.41, 5.74) is 8.74. The van der Waals surface area contributed by atoms with Crippen LogP contribution in [-0.4, -0.2) is 68.2 Å². The van der Waals surface area contributed by atoms with Gasteiger partial charge in [-0.05, 0) is 56.0 Å². The monoisotopic (exact) mass is 466 g/mol. The van der Waals surface area contributed by atoms with Crippen LogP contribution >= 0.6 is 0 Å². The summed E-state index contributed by atoms with van der Waals surface area (Å²) in [6.45, 7) is 7.51. The molecule has 182 valence electrons. The number of amides is 2. The average Bonchev–Trinajstić information content (AvgIpc) is 2.84. The third-order valence-corrected chi connectivity index (χ3v) is 5.70. The minimum atomic E-state index is -0.282. The topological polar surface area (TPSA) is 112 Å². The Bertz CT molecular complexity index is 1010. The molecule has 0 aromatic heterocycles. The van der Waals surface area contributed by atoms with Crippen molar-refractivity contribution in [2.24, 2.45) is 5.73 Å². The van der Waals surface area contributed by atoms with Crippen molar-refractivity contribution in [1.82, 2.24) is 20.4 Å². The molecular weight excluding hydrogens is 432 g/mol. The summed E-state index contributed by atoms with van der Waals surface area (Å²) >= 11 is 0. The molecule has 0 aliphatic carbocycles. The zero-order valence-corrected chi connectivity index (χ0v) is 20.0. The number of hydrogen-bond acceptors (Lipinski definition) is 7. The van der Waals surface area contributed by atoms with Crippen LogP contribution < -0.4 is 21.7 Å². The molecule has 2 unspecified atom stereocenters. The second-order valence-corrected chi connectivity index (χ2v) is 8.25. The molecule has 9 nitrogen and oxygen atoms in total. The van der Waals surface area contributed by atoms with Gasteiger partial charge in [-0.2, -0.15) is 0 Å². The lowest BCUT2D eigenvalue weighted by atomic mass is 9.97. The molecule has 2 aliphatic heterocycles. The van der Waals surface area contributed by atoms with E-state index in [-0.39, 0.29) is 24.0 Å². The third kappa shape index (κ3) is 6.27. The Kier molecular flexibility index (Phi) is 8.50. The first-order chi connectivity index (χ1) is 16.3. The lowest BCUT2D eigenvalue weighted by Gasteiger charge is -2.37. The fourth-order valence-corrected chi connectivity index (χ4v) is 3.89. The largest absolute Gasteiger partial charge is 0.402 e. The highest BCUT2D eigenvalue weighted by atomic mass is 16.5. The summed E-state index contributed by atoms with van der Waals surface area (Å²) in [5.74, 6) is 0.445. The highest BCUT2D eigenvalue weighted by Gasteiger charge is 2.28. The van der Waals surface area contributed by atoms with E-state index in [0.29, 0.717) is 43.3 Å². The lowest BCUT2D eigenvalue weighted by molar-refractivity contribution is -0.130. The van der Waals surface area contributed by atoms with Crippen molar-refractivity contribution in [2.45, 2.75) is 19.1 Å². The highest BCUT2D eigenvalue weighted by molar-refractivity contribution is 5.99. The van der Waals surface area contributed by atoms with Crippen LogP contribution in [0.25, 0.3) is 0 Å². The van der Waals surface area contributed by atoms with Crippen LogP contribution in [0.15, 0.2) is 72.2 Å². The number of morpholine rings is 1. The van der Waals surface area contributed by atoms with Gasteiger partial charge in [0.05, 0.1) is 25.4 Å². The zero-order valence-electron chi connectivity index (χ0n) is 20.0. The Hall–Kier alpha value is -3.56. The number of nitrogens with two attached hydrogens (primary N) is 1. The molecule has 1 aromatic rings. The Morgan fingerprint density at radius 1 is 1.29 bits per heavy atom. The number of anilines is 1. The molecule has 2 heterocycles. The van der Waals surface area contributed by atoms with Gasteiger partial charge in [0.15, 0.2) is 0 Å². The van der Waals surface area contributed by atoms with E-state index < -0.39 is 0 Å². The van der Waals surface area contributed by atoms with Crippen LogP contribution in [0.2, 0.25) is 0 Å². The first kappa shape index (κ1) is 25.1. The van der Waals surface area contributed by atoms with E-state index in [0.717, 1.165) is 11.4 Å². The molecular formula is C25H34N6O3. The Morgan fingerprint density at radius 2 is 2.03 bits per heavy atom. The van der Waals surface area contributed by atoms with Crippen LogP contribution in [0.1, 0.15) is 18.5 Å². The van der Waals surface area contributed by atoms with E-state index in [1.165, 1.54) is 6.08 Å². The SMILES string of the molecule is C=CC(=O)Nc1cccc(C2C=C(C(=O)N3CCOCC3)C=C(NC(/C=C(/C)N)NC)N2C)c1. The number of rotatable bonds is 8. The third-order valence-electron chi connectivity index (χ3n) is 5.70. The smallest absolute Gasteiger partial charge is 0.253 e. The van der Waals surface area contributed by atoms with E-state index in [2.05, 4.69) is 27.4 Å². The molecule has 2 atom stereocenters. The van der Waals surface area contributed by atoms with Crippen LogP contribution in [0, 0.1) is 0 Å². The van der Waals surface area contributed by atoms with Crippen molar-refractivity contribution < 1.29 is 14.3 Å². The Labute approximate surface area is 201 Å². The van der Waals surface area contributed by atoms with Crippen molar-refractivity contribution in [3.8, 4) is 0 Å². The van der Waals surface area contributed by atoms with Gasteiger partial charge in [-0.3, -0.25) is 14.9 Å². The standard InChI is InChI=1S/C25H34N6O3/c1-5-24(32)28-20-8-6-7-18(14-20)21-15-19(25(33)31-9-11-34-12-10-31)16-23(30(21)4)29-22(27-3)13-17(2)26/h5-8,13-16,21-22,27,29H,1,9-12,26H2,2-4H3,(H,28,32)/b17-13-. The quantitative estimate of drug-likeness (QED) is 0.339. The van der Waals surface area contributed by atoms with Gasteiger partial charge in [0.25, 0.3) is 5.91 Å². The van der Waals surface area contributed by atoms with Crippen LogP contribution in [-0.2, 0) is 14.3 Å². The zero-order chi connectivity index (χ0) is 24.7. The molecule has 5 N–H and O–H groups in total. The molecule has 2 amide bonds. The molecule has 0 spiro atoms. The first-order valence-corrected chi connectivity index (χ1v) is 11.3. The second-order valence-electron chi connectivity index (χ2n) is 8.25. The van der Waals surface area contributed by atoms with Gasteiger partial charge in [-0.25, -0.2) is 0 Å². The molecule has 9 heteroatoms. The van der Waals surface area contributed by atoms with E-state index in [4.69, 9.17) is 10.5 Å². The Morgan fingerprint density at radius 3 is 2.68 bits per heavy atom. The number of nitrogens with one attached hydrogen (secondary N) is 3. The van der Waals surface area contributed by atoms with Crippen LogP contribution in [0.4, 0.5) is 5.69 Å². The van der Waals surface area contributed by atoms with Gasteiger partial charge in [-0.1, -0.05) is 18.7 Å². The number of nitrogens with zero attached hydrogens (tertiary/aromatic N) is 2. The van der Waals surface area contributed by atoms with E-state index in [1.54, 1.807) is 0 Å². The maximum Gasteiger partial charge on any atom is 0.253 e. The number of benzene rings is 1. The maximum absolute atomic E-state index is 13.4. The predicted octanol–water partition coefficient (Wildman–Crippen LogP) is 1.42. The molecule has 1 saturated heterocycles. The number of carbonyl (C=O) groups is 2. The summed E-state index contributed by atoms with van der Waals surface area (Å²) in [6, 6.07) is 7.33. The molecule has 1 aromatic carbocycles. The van der Waals surface area contributed by atoms with Crippen LogP contribution in [0.5, 0.6) is 0 Å². The van der Waals surface area contributed by atoms with E-state index in [1.807, 2.05) is 68.4 Å². The van der Waals surface area contributed by atoms with Gasteiger partial charge in [-0.15, -0.1) is 0 Å². The van der Waals surface area contributed by atoms with Crippen molar-refractivity contribution in [2.75, 3.05) is 45.7 Å². The number of allylic oxidation sites excluding steroid dienone is 1. The number of hydrogen-bond donors (Lipinski definition) is 4. The predicted molar refractivity (Wildman–Crippen MR) is 133 cm³/mol. The lowest BCUT2D eigenvalue weighted by Crippen LogP contribution is -2.46. The first-order valence-electron chi connectivity index (χ1n) is 11.3. The highest BCUT2D eigenvalue weighted by Crippen LogP contribution is 2.32. The number of ether oxygens (including phenoxy) is 1. The minimum Gasteiger partial charge on any atom is -0.402 e. The van der Waals surface area contributed by atoms with Crippen molar-refractivity contribution in [3.05, 3.63) is 77.8 Å². The van der Waals surface area contributed by atoms with Crippen molar-refractivity contribution in [1.29, 1.82) is 0 Å². The summed E-state index contributed by atoms with van der Waals surface area (Å²) in [6.07, 6.45) is 6.69. The van der Waals surface area contributed by atoms with Crippen molar-refractivity contribution in [3.63, 3.8) is 0 Å². The van der Waals surface area contributed by atoms with E-state index in [9.17, 15) is 9.59 Å². The number of carbonyl (C=O) groups excluding carboxylic acids is 2. The summed E-state index contributed by atoms with van der Waals surface area (Å²) < 4.78 is 5.41. The molecule has 34 heavy (non-hydrogen) atoms. The van der Waals surface area contributed by atoms with E-state index >= 15 is 0 Å². The summed E-state index contributed by atoms with van der Waals surface area (Å²) in [7, 11) is 3.79. The molecule has 1 fully saturated rings. The van der Waals surface area contributed by atoms with Crippen molar-refractivity contribution >= 4 is 17.5 Å². The Balaban J connectivity index is 1.97. The fourth-order valence-electron chi connectivity index (χ4n) is 3.89. The van der Waals surface area contributed by atoms with Gasteiger partial charge < -0.3 is 30.9 Å².